The number of hydrogen-bond donors (Lipinski definition) is 14. The first-order valence-electron chi connectivity index (χ1n) is 25.6. The summed E-state index contributed by atoms with van der Waals surface area (Å²) >= 11 is 0. The van der Waals surface area contributed by atoms with E-state index in [9.17, 15) is 78.1 Å². The molecule has 4 saturated heterocycles. The average molecular weight is 1140 g/mol. The van der Waals surface area contributed by atoms with Gasteiger partial charge in [0.15, 0.2) is 25.2 Å². The van der Waals surface area contributed by atoms with E-state index in [4.69, 9.17) is 37.9 Å². The van der Waals surface area contributed by atoms with Crippen molar-refractivity contribution in [1.29, 1.82) is 0 Å². The SMILES string of the molecule is CCCCCC/C=C\CCCOc1ccc(C(=O)NC2[C@H](O[C@H]3C(O)C(NC(C)=O)[C@H](O[C@@H]4C(CO)O[C@@H](O[C@H]5C(O)C(NC(C)=O)[C@H](O)O[C@H]5COS(=O)(=O)O)C(NC(C)=O)[C@H]4O)O[C@H]3CO)OC(CO)[C@@H](O)[C@@H]2O)cc1. The zero-order chi connectivity index (χ0) is 57.4. The van der Waals surface area contributed by atoms with Crippen LogP contribution in [0.4, 0.5) is 0 Å². The van der Waals surface area contributed by atoms with Gasteiger partial charge in [-0.1, -0.05) is 38.3 Å². The molecule has 0 bridgehead atoms. The number of unbranched alkanes of at least 4 members (excludes halogenated alkanes) is 5. The molecule has 30 heteroatoms. The lowest BCUT2D eigenvalue weighted by molar-refractivity contribution is -0.361. The predicted molar refractivity (Wildman–Crippen MR) is 263 cm³/mol. The Morgan fingerprint density at radius 2 is 1.01 bits per heavy atom. The molecule has 444 valence electrons. The van der Waals surface area contributed by atoms with Crippen LogP contribution in [0.15, 0.2) is 36.4 Å². The van der Waals surface area contributed by atoms with Gasteiger partial charge in [-0.25, -0.2) is 4.18 Å². The van der Waals surface area contributed by atoms with E-state index in [0.29, 0.717) is 12.4 Å². The number of allylic oxidation sites excluding steroid dienone is 2. The Balaban J connectivity index is 1.33. The fraction of sp³-hybridized carbons (Fsp3) is 0.750. The van der Waals surface area contributed by atoms with Crippen molar-refractivity contribution in [1.82, 2.24) is 21.3 Å². The summed E-state index contributed by atoms with van der Waals surface area (Å²) in [6.07, 6.45) is -17.8. The lowest BCUT2D eigenvalue weighted by atomic mass is 9.93. The third kappa shape index (κ3) is 17.9. The third-order valence-electron chi connectivity index (χ3n) is 13.2. The van der Waals surface area contributed by atoms with Crippen LogP contribution in [-0.4, -0.2) is 238 Å². The zero-order valence-electron chi connectivity index (χ0n) is 43.5. The van der Waals surface area contributed by atoms with Gasteiger partial charge in [0.2, 0.25) is 17.7 Å². The van der Waals surface area contributed by atoms with Crippen LogP contribution in [0, 0.1) is 0 Å². The molecule has 0 spiro atoms. The van der Waals surface area contributed by atoms with Crippen LogP contribution in [0.1, 0.15) is 83.0 Å². The number of aliphatic hydroxyl groups is 9. The van der Waals surface area contributed by atoms with E-state index >= 15 is 0 Å². The summed E-state index contributed by atoms with van der Waals surface area (Å²) in [7, 11) is -5.16. The Morgan fingerprint density at radius 1 is 0.564 bits per heavy atom. The van der Waals surface area contributed by atoms with Crippen LogP contribution in [0.2, 0.25) is 0 Å². The number of nitrogens with one attached hydrogen (secondary N) is 4. The molecule has 8 unspecified atom stereocenters. The highest BCUT2D eigenvalue weighted by molar-refractivity contribution is 7.80. The molecule has 1 aromatic carbocycles. The Labute approximate surface area is 450 Å². The molecule has 4 heterocycles. The summed E-state index contributed by atoms with van der Waals surface area (Å²) in [4.78, 5) is 51.0. The van der Waals surface area contributed by atoms with Gasteiger partial charge in [0.05, 0.1) is 33.0 Å². The highest BCUT2D eigenvalue weighted by Crippen LogP contribution is 2.35. The van der Waals surface area contributed by atoms with Crippen LogP contribution in [0.5, 0.6) is 5.75 Å². The van der Waals surface area contributed by atoms with Crippen molar-refractivity contribution in [2.45, 2.75) is 195 Å². The summed E-state index contributed by atoms with van der Waals surface area (Å²) in [5, 5.41) is 109. The van der Waals surface area contributed by atoms with E-state index in [1.165, 1.54) is 31.4 Å². The number of hydrogen-bond acceptors (Lipinski definition) is 24. The lowest BCUT2D eigenvalue weighted by Crippen LogP contribution is -2.71. The largest absolute Gasteiger partial charge is 0.494 e. The lowest BCUT2D eigenvalue weighted by Gasteiger charge is -2.51. The van der Waals surface area contributed by atoms with Crippen molar-refractivity contribution in [2.24, 2.45) is 0 Å². The van der Waals surface area contributed by atoms with Gasteiger partial charge >= 0.3 is 10.4 Å². The van der Waals surface area contributed by atoms with Gasteiger partial charge in [-0.2, -0.15) is 8.42 Å². The monoisotopic (exact) mass is 1140 g/mol. The van der Waals surface area contributed by atoms with Crippen LogP contribution in [-0.2, 0) is 62.1 Å². The number of ether oxygens (including phenoxy) is 8. The second kappa shape index (κ2) is 30.6. The van der Waals surface area contributed by atoms with Crippen molar-refractivity contribution in [2.75, 3.05) is 33.0 Å². The van der Waals surface area contributed by atoms with Crippen LogP contribution >= 0.6 is 0 Å². The molecule has 78 heavy (non-hydrogen) atoms. The molecular formula is C48H76N4O25S. The highest BCUT2D eigenvalue weighted by atomic mass is 32.3. The summed E-state index contributed by atoms with van der Waals surface area (Å²) in [5.74, 6) is -2.72. The molecule has 0 aliphatic carbocycles. The van der Waals surface area contributed by atoms with E-state index in [1.807, 2.05) is 0 Å². The number of aliphatic hydroxyl groups excluding tert-OH is 9. The molecule has 14 N–H and O–H groups in total. The Hall–Kier alpha value is -4.13. The molecule has 29 nitrogen and oxygen atoms in total. The topological polar surface area (TPSA) is 436 Å². The Bertz CT molecular complexity index is 2200. The molecule has 4 aliphatic rings. The highest BCUT2D eigenvalue weighted by Gasteiger charge is 2.56. The normalized spacial score (nSPS) is 35.4. The fourth-order valence-electron chi connectivity index (χ4n) is 9.33. The molecule has 20 atom stereocenters. The first-order chi connectivity index (χ1) is 37.0. The van der Waals surface area contributed by atoms with Crippen molar-refractivity contribution in [3.8, 4) is 5.75 Å². The minimum atomic E-state index is -5.16. The molecule has 1 aromatic rings. The fourth-order valence-corrected chi connectivity index (χ4v) is 9.64. The molecule has 0 aromatic heterocycles. The predicted octanol–water partition coefficient (Wildman–Crippen LogP) is -4.37. The van der Waals surface area contributed by atoms with Gasteiger partial charge in [0.1, 0.15) is 103 Å². The van der Waals surface area contributed by atoms with Crippen molar-refractivity contribution in [3.05, 3.63) is 42.0 Å². The van der Waals surface area contributed by atoms with E-state index in [2.05, 4.69) is 44.5 Å². The Morgan fingerprint density at radius 3 is 1.49 bits per heavy atom. The zero-order valence-corrected chi connectivity index (χ0v) is 44.3. The minimum Gasteiger partial charge on any atom is -0.494 e. The number of benzene rings is 1. The number of amides is 4. The Kier molecular flexibility index (Phi) is 25.4. The number of carbonyl (C=O) groups excluding carboxylic acids is 4. The quantitative estimate of drug-likeness (QED) is 0.0225. The summed E-state index contributed by atoms with van der Waals surface area (Å²) in [6.45, 7) is 1.68. The van der Waals surface area contributed by atoms with Gasteiger partial charge in [-0.05, 0) is 49.9 Å². The average Bonchev–Trinajstić information content (AvgIpc) is 3.43. The second-order valence-corrected chi connectivity index (χ2v) is 20.3. The third-order valence-corrected chi connectivity index (χ3v) is 13.7. The van der Waals surface area contributed by atoms with E-state index in [0.717, 1.165) is 46.5 Å². The number of rotatable bonds is 27. The molecule has 0 saturated carbocycles. The van der Waals surface area contributed by atoms with E-state index < -0.39 is 183 Å². The van der Waals surface area contributed by atoms with Crippen LogP contribution in [0.3, 0.4) is 0 Å². The summed E-state index contributed by atoms with van der Waals surface area (Å²) in [6, 6.07) is -0.739. The molecule has 4 fully saturated rings. The first kappa shape index (κ1) is 64.7. The van der Waals surface area contributed by atoms with Gasteiger partial charge < -0.3 is 105 Å². The smallest absolute Gasteiger partial charge is 0.397 e. The van der Waals surface area contributed by atoms with E-state index in [-0.39, 0.29) is 5.56 Å². The first-order valence-corrected chi connectivity index (χ1v) is 27.0. The molecule has 4 aliphatic heterocycles. The van der Waals surface area contributed by atoms with Gasteiger partial charge in [0, 0.05) is 26.3 Å². The maximum Gasteiger partial charge on any atom is 0.397 e. The molecule has 5 rings (SSSR count). The summed E-state index contributed by atoms with van der Waals surface area (Å²) < 4.78 is 83.8. The van der Waals surface area contributed by atoms with E-state index in [1.54, 1.807) is 12.1 Å². The van der Waals surface area contributed by atoms with Crippen molar-refractivity contribution < 1.29 is 120 Å². The second-order valence-electron chi connectivity index (χ2n) is 19.2. The molecule has 4 amide bonds. The van der Waals surface area contributed by atoms with Crippen molar-refractivity contribution in [3.63, 3.8) is 0 Å². The minimum absolute atomic E-state index is 0.0808. The maximum absolute atomic E-state index is 13.7. The maximum atomic E-state index is 13.7. The van der Waals surface area contributed by atoms with Crippen molar-refractivity contribution >= 4 is 34.0 Å². The summed E-state index contributed by atoms with van der Waals surface area (Å²) in [5.41, 5.74) is 0.0808. The van der Waals surface area contributed by atoms with Gasteiger partial charge in [-0.15, -0.1) is 0 Å². The molecule has 0 radical (unpaired) electrons. The van der Waals surface area contributed by atoms with Crippen LogP contribution < -0.4 is 26.0 Å². The number of carbonyl (C=O) groups is 4. The van der Waals surface area contributed by atoms with Gasteiger partial charge in [0.25, 0.3) is 5.91 Å². The van der Waals surface area contributed by atoms with Crippen LogP contribution in [0.25, 0.3) is 0 Å². The van der Waals surface area contributed by atoms with Gasteiger partial charge in [-0.3, -0.25) is 23.7 Å². The standard InChI is InChI=1S/C48H76N4O25S/c1-5-6-7-8-9-10-11-12-13-18-69-27-16-14-26(15-17-27)44(64)52-33-37(60)36(59)28(19-53)72-46(33)75-41-29(20-54)73-47(34(39(41)62)50-24(3)57)76-42-30(21-55)74-48(35(40(42)63)51-25(4)58)77-43-31(22-70-78(66,67)68)71-45(65)32(38(43)61)49-23(2)56/h10-11,14-17,28-43,45-48,53-55,59-63,65H,5-9,12-13,18-22H2,1-4H3,(H,49,56)(H,50,57)(H,51,58)(H,52,64)(H,66,67,68)/b11-10-/t28?,29-,30?,31-,32?,33?,34?,35?,36+,37+,38?,39?,40+,41+,42+,43+,45+,46-,47-,48-/m0/s1. The molecular weight excluding hydrogens is 1060 g/mol.